The summed E-state index contributed by atoms with van der Waals surface area (Å²) in [6.07, 6.45) is 7.45. The van der Waals surface area contributed by atoms with Crippen LogP contribution in [-0.4, -0.2) is 42.7 Å². The summed E-state index contributed by atoms with van der Waals surface area (Å²) in [5.41, 5.74) is 7.29. The van der Waals surface area contributed by atoms with E-state index < -0.39 is 0 Å². The van der Waals surface area contributed by atoms with E-state index in [0.29, 0.717) is 30.2 Å². The quantitative estimate of drug-likeness (QED) is 0.675. The number of hydrogen-bond donors (Lipinski definition) is 1. The summed E-state index contributed by atoms with van der Waals surface area (Å²) >= 11 is 0. The number of nitrogens with one attached hydrogen (secondary N) is 1. The van der Waals surface area contributed by atoms with Gasteiger partial charge in [0.2, 0.25) is 5.91 Å². The molecule has 1 unspecified atom stereocenters. The first-order valence-corrected chi connectivity index (χ1v) is 12.3. The minimum Gasteiger partial charge on any atom is -0.382 e. The van der Waals surface area contributed by atoms with Crippen LogP contribution in [0.25, 0.3) is 11.1 Å². The normalized spacial score (nSPS) is 20.2. The van der Waals surface area contributed by atoms with E-state index in [1.54, 1.807) is 0 Å². The number of carbonyl (C=O) groups is 1. The Morgan fingerprint density at radius 2 is 1.97 bits per heavy atom. The molecular formula is C28H32N4O. The number of fused-ring (bicyclic) bond motifs is 1. The average Bonchev–Trinajstić information content (AvgIpc) is 3.69. The Morgan fingerprint density at radius 3 is 2.73 bits per heavy atom. The summed E-state index contributed by atoms with van der Waals surface area (Å²) in [4.78, 5) is 19.1. The molecule has 1 saturated carbocycles. The minimum atomic E-state index is 0.305. The summed E-state index contributed by atoms with van der Waals surface area (Å²) in [7, 11) is 0. The molecule has 170 valence electrons. The van der Waals surface area contributed by atoms with E-state index in [0.717, 1.165) is 57.4 Å². The topological polar surface area (TPSA) is 68.5 Å². The summed E-state index contributed by atoms with van der Waals surface area (Å²) < 4.78 is 0. The van der Waals surface area contributed by atoms with Gasteiger partial charge in [0.15, 0.2) is 0 Å². The van der Waals surface area contributed by atoms with Gasteiger partial charge in [0.25, 0.3) is 0 Å². The van der Waals surface area contributed by atoms with Crippen molar-refractivity contribution < 1.29 is 4.79 Å². The number of benzene rings is 2. The molecule has 5 heteroatoms. The van der Waals surface area contributed by atoms with Crippen molar-refractivity contribution in [3.63, 3.8) is 0 Å². The number of piperidine rings is 1. The maximum atomic E-state index is 12.4. The third kappa shape index (κ3) is 4.80. The maximum absolute atomic E-state index is 12.4. The largest absolute Gasteiger partial charge is 0.382 e. The van der Waals surface area contributed by atoms with E-state index in [2.05, 4.69) is 64.6 Å². The van der Waals surface area contributed by atoms with Gasteiger partial charge in [0.05, 0.1) is 6.07 Å². The Kier molecular flexibility index (Phi) is 6.17. The fraction of sp³-hybridized carbons (Fsp3) is 0.464. The van der Waals surface area contributed by atoms with Crippen LogP contribution in [0.4, 0.5) is 5.69 Å². The third-order valence-electron chi connectivity index (χ3n) is 7.22. The zero-order valence-electron chi connectivity index (χ0n) is 19.4. The van der Waals surface area contributed by atoms with Crippen LogP contribution >= 0.6 is 0 Å². The van der Waals surface area contributed by atoms with Gasteiger partial charge < -0.3 is 10.2 Å². The van der Waals surface area contributed by atoms with Gasteiger partial charge in [-0.25, -0.2) is 0 Å². The molecule has 1 atom stereocenters. The summed E-state index contributed by atoms with van der Waals surface area (Å²) in [5, 5.41) is 12.8. The molecule has 0 aromatic heterocycles. The summed E-state index contributed by atoms with van der Waals surface area (Å²) in [6.45, 7) is 4.76. The van der Waals surface area contributed by atoms with Crippen molar-refractivity contribution in [2.45, 2.75) is 57.4 Å². The average molecular weight is 441 g/mol. The highest BCUT2D eigenvalue weighted by atomic mass is 16.2. The van der Waals surface area contributed by atoms with E-state index in [4.69, 9.17) is 5.26 Å². The van der Waals surface area contributed by atoms with Gasteiger partial charge in [-0.2, -0.15) is 5.26 Å². The molecule has 5 nitrogen and oxygen atoms in total. The highest BCUT2D eigenvalue weighted by Crippen LogP contribution is 2.36. The number of carbonyl (C=O) groups excluding carboxylic acids is 1. The van der Waals surface area contributed by atoms with E-state index in [-0.39, 0.29) is 0 Å². The zero-order valence-corrected chi connectivity index (χ0v) is 19.4. The van der Waals surface area contributed by atoms with Gasteiger partial charge in [-0.3, -0.25) is 9.79 Å². The van der Waals surface area contributed by atoms with E-state index in [1.807, 2.05) is 6.21 Å². The van der Waals surface area contributed by atoms with Crippen molar-refractivity contribution in [3.8, 4) is 17.2 Å². The summed E-state index contributed by atoms with van der Waals surface area (Å²) in [6, 6.07) is 15.7. The molecule has 0 radical (unpaired) electrons. The fourth-order valence-corrected chi connectivity index (χ4v) is 5.07. The standard InChI is InChI=1S/C28H32N4O/c1-19-17-30-18-26-25(19)15-23(22-6-2-4-20(14-22)5-3-11-29)16-27(26)31-24-9-12-32(13-10-24)28(33)21-7-8-21/h2,4,6,14-16,18-19,21,24,31H,3,5,7-10,12-13,17H2,1H3. The maximum Gasteiger partial charge on any atom is 0.225 e. The Hall–Kier alpha value is -3.13. The molecule has 1 aliphatic carbocycles. The molecule has 1 N–H and O–H groups in total. The first-order valence-electron chi connectivity index (χ1n) is 12.3. The minimum absolute atomic E-state index is 0.305. The lowest BCUT2D eigenvalue weighted by Gasteiger charge is -2.34. The summed E-state index contributed by atoms with van der Waals surface area (Å²) in [5.74, 6) is 1.05. The van der Waals surface area contributed by atoms with E-state index in [1.165, 1.54) is 27.8 Å². The molecule has 2 aromatic rings. The second kappa shape index (κ2) is 9.39. The van der Waals surface area contributed by atoms with Crippen LogP contribution in [0.15, 0.2) is 41.4 Å². The number of anilines is 1. The molecule has 1 saturated heterocycles. The second-order valence-corrected chi connectivity index (χ2v) is 9.80. The number of nitriles is 1. The lowest BCUT2D eigenvalue weighted by Crippen LogP contribution is -2.43. The van der Waals surface area contributed by atoms with Crippen molar-refractivity contribution >= 4 is 17.8 Å². The molecular weight excluding hydrogens is 408 g/mol. The lowest BCUT2D eigenvalue weighted by atomic mass is 9.88. The monoisotopic (exact) mass is 440 g/mol. The Morgan fingerprint density at radius 1 is 1.15 bits per heavy atom. The van der Waals surface area contributed by atoms with Gasteiger partial charge in [-0.05, 0) is 60.4 Å². The second-order valence-electron chi connectivity index (χ2n) is 9.80. The van der Waals surface area contributed by atoms with Crippen LogP contribution in [0.3, 0.4) is 0 Å². The molecule has 0 bridgehead atoms. The Bertz CT molecular complexity index is 1100. The SMILES string of the molecule is CC1CN=Cc2c(NC3CCN(C(=O)C4CC4)CC3)cc(-c3cccc(CCC#N)c3)cc21. The highest BCUT2D eigenvalue weighted by molar-refractivity contribution is 5.93. The predicted octanol–water partition coefficient (Wildman–Crippen LogP) is 5.16. The number of likely N-dealkylation sites (tertiary alicyclic amines) is 1. The number of aryl methyl sites for hydroxylation is 1. The van der Waals surface area contributed by atoms with Crippen molar-refractivity contribution in [1.82, 2.24) is 4.90 Å². The number of hydrogen-bond acceptors (Lipinski definition) is 4. The van der Waals surface area contributed by atoms with Crippen LogP contribution in [-0.2, 0) is 11.2 Å². The van der Waals surface area contributed by atoms with E-state index >= 15 is 0 Å². The molecule has 3 aliphatic rings. The smallest absolute Gasteiger partial charge is 0.225 e. The molecule has 2 aliphatic heterocycles. The molecule has 5 rings (SSSR count). The van der Waals surface area contributed by atoms with Gasteiger partial charge in [0, 0.05) is 61.4 Å². The number of aliphatic imine (C=N–C) groups is 1. The van der Waals surface area contributed by atoms with Gasteiger partial charge in [0.1, 0.15) is 0 Å². The van der Waals surface area contributed by atoms with Crippen molar-refractivity contribution in [3.05, 3.63) is 53.1 Å². The molecule has 2 aromatic carbocycles. The lowest BCUT2D eigenvalue weighted by molar-refractivity contribution is -0.133. The number of amides is 1. The Labute approximate surface area is 196 Å². The van der Waals surface area contributed by atoms with Crippen LogP contribution in [0.2, 0.25) is 0 Å². The molecule has 0 spiro atoms. The van der Waals surface area contributed by atoms with Gasteiger partial charge >= 0.3 is 0 Å². The highest BCUT2D eigenvalue weighted by Gasteiger charge is 2.35. The first kappa shape index (κ1) is 21.7. The Balaban J connectivity index is 1.39. The van der Waals surface area contributed by atoms with Crippen LogP contribution in [0.1, 0.15) is 61.6 Å². The number of rotatable bonds is 6. The van der Waals surface area contributed by atoms with Gasteiger partial charge in [-0.1, -0.05) is 37.3 Å². The molecule has 2 heterocycles. The van der Waals surface area contributed by atoms with Crippen LogP contribution in [0, 0.1) is 17.2 Å². The third-order valence-corrected chi connectivity index (χ3v) is 7.22. The molecule has 1 amide bonds. The fourth-order valence-electron chi connectivity index (χ4n) is 5.07. The number of nitrogens with zero attached hydrogens (tertiary/aromatic N) is 3. The van der Waals surface area contributed by atoms with Gasteiger partial charge in [-0.15, -0.1) is 0 Å². The van der Waals surface area contributed by atoms with Crippen LogP contribution in [0.5, 0.6) is 0 Å². The van der Waals surface area contributed by atoms with Crippen molar-refractivity contribution in [2.75, 3.05) is 25.0 Å². The first-order chi connectivity index (χ1) is 16.1. The van der Waals surface area contributed by atoms with E-state index in [9.17, 15) is 4.79 Å². The van der Waals surface area contributed by atoms with Crippen molar-refractivity contribution in [1.29, 1.82) is 5.26 Å². The predicted molar refractivity (Wildman–Crippen MR) is 133 cm³/mol. The zero-order chi connectivity index (χ0) is 22.8. The molecule has 2 fully saturated rings. The van der Waals surface area contributed by atoms with Crippen LogP contribution < -0.4 is 5.32 Å². The van der Waals surface area contributed by atoms with Crippen molar-refractivity contribution in [2.24, 2.45) is 10.9 Å². The molecule has 33 heavy (non-hydrogen) atoms.